The van der Waals surface area contributed by atoms with Crippen molar-refractivity contribution in [2.24, 2.45) is 5.92 Å². The van der Waals surface area contributed by atoms with Crippen molar-refractivity contribution < 1.29 is 14.3 Å². The molecule has 0 spiro atoms. The second-order valence-electron chi connectivity index (χ2n) is 3.86. The lowest BCUT2D eigenvalue weighted by Crippen LogP contribution is -2.28. The van der Waals surface area contributed by atoms with Gasteiger partial charge in [-0.25, -0.2) is 4.79 Å². The van der Waals surface area contributed by atoms with Crippen molar-refractivity contribution in [1.82, 2.24) is 0 Å². The second kappa shape index (κ2) is 5.15. The average Bonchev–Trinajstić information content (AvgIpc) is 2.94. The summed E-state index contributed by atoms with van der Waals surface area (Å²) in [5, 5.41) is 0. The lowest BCUT2D eigenvalue weighted by Gasteiger charge is -2.14. The Labute approximate surface area is 85.1 Å². The normalized spacial score (nSPS) is 17.6. The zero-order chi connectivity index (χ0) is 10.6. The summed E-state index contributed by atoms with van der Waals surface area (Å²) in [5.74, 6) is 0.141. The van der Waals surface area contributed by atoms with Crippen LogP contribution in [0.1, 0.15) is 26.2 Å². The Kier molecular flexibility index (Phi) is 4.14. The molecule has 1 atom stereocenters. The van der Waals surface area contributed by atoms with E-state index in [0.29, 0.717) is 12.5 Å². The van der Waals surface area contributed by atoms with Gasteiger partial charge in [0.05, 0.1) is 13.7 Å². The molecule has 3 heteroatoms. The third-order valence-electron chi connectivity index (χ3n) is 2.31. The maximum atomic E-state index is 11.3. The predicted octanol–water partition coefficient (Wildman–Crippen LogP) is 1.92. The van der Waals surface area contributed by atoms with E-state index in [2.05, 4.69) is 11.3 Å². The molecular weight excluding hydrogens is 180 g/mol. The van der Waals surface area contributed by atoms with Crippen LogP contribution in [0, 0.1) is 5.92 Å². The Morgan fingerprint density at radius 1 is 1.57 bits per heavy atom. The van der Waals surface area contributed by atoms with Gasteiger partial charge in [0.1, 0.15) is 0 Å². The molecule has 0 radical (unpaired) electrons. The Bertz CT molecular complexity index is 219. The molecule has 1 aliphatic carbocycles. The van der Waals surface area contributed by atoms with Gasteiger partial charge >= 0.3 is 5.97 Å². The first kappa shape index (κ1) is 11.2. The fourth-order valence-electron chi connectivity index (χ4n) is 1.27. The Morgan fingerprint density at radius 2 is 2.21 bits per heavy atom. The van der Waals surface area contributed by atoms with Crippen LogP contribution in [0.2, 0.25) is 0 Å². The van der Waals surface area contributed by atoms with E-state index in [1.165, 1.54) is 7.11 Å². The molecule has 1 rings (SSSR count). The highest BCUT2D eigenvalue weighted by atomic mass is 16.6. The lowest BCUT2D eigenvalue weighted by molar-refractivity contribution is -0.155. The summed E-state index contributed by atoms with van der Waals surface area (Å²) in [6.45, 7) is 6.29. The molecule has 0 aliphatic heterocycles. The third-order valence-corrected chi connectivity index (χ3v) is 2.31. The molecule has 0 aromatic carbocycles. The number of methoxy groups -OCH3 is 1. The van der Waals surface area contributed by atoms with E-state index in [4.69, 9.17) is 4.74 Å². The standard InChI is InChI=1S/C11H18O3/c1-8(2)6-7-14-10(9-4-5-9)11(12)13-3/h9-10H,1,4-7H2,2-3H3. The molecule has 1 fully saturated rings. The average molecular weight is 198 g/mol. The Hall–Kier alpha value is -0.830. The summed E-state index contributed by atoms with van der Waals surface area (Å²) in [6, 6.07) is 0. The van der Waals surface area contributed by atoms with Gasteiger partial charge in [-0.05, 0) is 32.1 Å². The zero-order valence-electron chi connectivity index (χ0n) is 8.91. The van der Waals surface area contributed by atoms with Crippen molar-refractivity contribution in [1.29, 1.82) is 0 Å². The highest BCUT2D eigenvalue weighted by Gasteiger charge is 2.37. The van der Waals surface area contributed by atoms with E-state index in [-0.39, 0.29) is 12.1 Å². The lowest BCUT2D eigenvalue weighted by atomic mass is 10.2. The molecular formula is C11H18O3. The van der Waals surface area contributed by atoms with Crippen molar-refractivity contribution in [2.45, 2.75) is 32.3 Å². The number of rotatable bonds is 6. The van der Waals surface area contributed by atoms with Crippen LogP contribution in [-0.4, -0.2) is 25.8 Å². The SMILES string of the molecule is C=C(C)CCOC(C(=O)OC)C1CC1. The molecule has 0 aromatic rings. The third kappa shape index (κ3) is 3.50. The van der Waals surface area contributed by atoms with Crippen LogP contribution in [0.3, 0.4) is 0 Å². The molecule has 0 N–H and O–H groups in total. The molecule has 80 valence electrons. The fraction of sp³-hybridized carbons (Fsp3) is 0.727. The summed E-state index contributed by atoms with van der Waals surface area (Å²) in [4.78, 5) is 11.3. The van der Waals surface area contributed by atoms with Gasteiger partial charge in [-0.15, -0.1) is 6.58 Å². The van der Waals surface area contributed by atoms with Crippen molar-refractivity contribution in [2.75, 3.05) is 13.7 Å². The number of hydrogen-bond acceptors (Lipinski definition) is 3. The van der Waals surface area contributed by atoms with Crippen LogP contribution in [0.5, 0.6) is 0 Å². The molecule has 1 aliphatic rings. The Balaban J connectivity index is 2.28. The van der Waals surface area contributed by atoms with E-state index < -0.39 is 0 Å². The molecule has 0 heterocycles. The summed E-state index contributed by atoms with van der Waals surface area (Å²) in [7, 11) is 1.40. The maximum absolute atomic E-state index is 11.3. The van der Waals surface area contributed by atoms with Crippen LogP contribution >= 0.6 is 0 Å². The van der Waals surface area contributed by atoms with Crippen molar-refractivity contribution in [3.8, 4) is 0 Å². The quantitative estimate of drug-likeness (QED) is 0.483. The van der Waals surface area contributed by atoms with Crippen LogP contribution < -0.4 is 0 Å². The minimum absolute atomic E-state index is 0.241. The minimum Gasteiger partial charge on any atom is -0.467 e. The van der Waals surface area contributed by atoms with Crippen molar-refractivity contribution >= 4 is 5.97 Å². The number of carbonyl (C=O) groups excluding carboxylic acids is 1. The molecule has 0 saturated heterocycles. The van der Waals surface area contributed by atoms with Crippen LogP contribution in [0.4, 0.5) is 0 Å². The predicted molar refractivity (Wildman–Crippen MR) is 53.9 cm³/mol. The van der Waals surface area contributed by atoms with Gasteiger partial charge in [0, 0.05) is 0 Å². The topological polar surface area (TPSA) is 35.5 Å². The van der Waals surface area contributed by atoms with Gasteiger partial charge in [0.25, 0.3) is 0 Å². The van der Waals surface area contributed by atoms with E-state index in [9.17, 15) is 4.79 Å². The first-order valence-corrected chi connectivity index (χ1v) is 4.99. The van der Waals surface area contributed by atoms with E-state index in [0.717, 1.165) is 24.8 Å². The van der Waals surface area contributed by atoms with Crippen molar-refractivity contribution in [3.05, 3.63) is 12.2 Å². The van der Waals surface area contributed by atoms with Crippen LogP contribution in [-0.2, 0) is 14.3 Å². The van der Waals surface area contributed by atoms with Crippen LogP contribution in [0.15, 0.2) is 12.2 Å². The Morgan fingerprint density at radius 3 is 2.64 bits per heavy atom. The van der Waals surface area contributed by atoms with E-state index in [1.54, 1.807) is 0 Å². The highest BCUT2D eigenvalue weighted by molar-refractivity contribution is 5.75. The van der Waals surface area contributed by atoms with Gasteiger partial charge in [-0.1, -0.05) is 5.57 Å². The number of ether oxygens (including phenoxy) is 2. The summed E-state index contributed by atoms with van der Waals surface area (Å²) in [5.41, 5.74) is 1.07. The van der Waals surface area contributed by atoms with Crippen molar-refractivity contribution in [3.63, 3.8) is 0 Å². The first-order valence-electron chi connectivity index (χ1n) is 4.99. The minimum atomic E-state index is -0.348. The first-order chi connectivity index (χ1) is 6.65. The second-order valence-corrected chi connectivity index (χ2v) is 3.86. The number of hydrogen-bond donors (Lipinski definition) is 0. The molecule has 14 heavy (non-hydrogen) atoms. The highest BCUT2D eigenvalue weighted by Crippen LogP contribution is 2.34. The smallest absolute Gasteiger partial charge is 0.335 e. The molecule has 0 aromatic heterocycles. The maximum Gasteiger partial charge on any atom is 0.335 e. The number of carbonyl (C=O) groups is 1. The summed E-state index contributed by atoms with van der Waals surface area (Å²) in [6.07, 6.45) is 2.61. The van der Waals surface area contributed by atoms with Gasteiger partial charge in [0.2, 0.25) is 0 Å². The monoisotopic (exact) mass is 198 g/mol. The largest absolute Gasteiger partial charge is 0.467 e. The molecule has 1 saturated carbocycles. The summed E-state index contributed by atoms with van der Waals surface area (Å²) >= 11 is 0. The van der Waals surface area contributed by atoms with Gasteiger partial charge in [-0.3, -0.25) is 0 Å². The number of esters is 1. The van der Waals surface area contributed by atoms with Gasteiger partial charge < -0.3 is 9.47 Å². The fourth-order valence-corrected chi connectivity index (χ4v) is 1.27. The molecule has 1 unspecified atom stereocenters. The summed E-state index contributed by atoms with van der Waals surface area (Å²) < 4.78 is 10.2. The molecule has 0 bridgehead atoms. The van der Waals surface area contributed by atoms with E-state index >= 15 is 0 Å². The van der Waals surface area contributed by atoms with Gasteiger partial charge in [0.15, 0.2) is 6.10 Å². The molecule has 3 nitrogen and oxygen atoms in total. The zero-order valence-corrected chi connectivity index (χ0v) is 8.91. The van der Waals surface area contributed by atoms with Gasteiger partial charge in [-0.2, -0.15) is 0 Å². The molecule has 0 amide bonds. The van der Waals surface area contributed by atoms with Crippen LogP contribution in [0.25, 0.3) is 0 Å². The van der Waals surface area contributed by atoms with E-state index in [1.807, 2.05) is 6.92 Å².